The Morgan fingerprint density at radius 1 is 1.15 bits per heavy atom. The van der Waals surface area contributed by atoms with Crippen molar-refractivity contribution in [3.8, 4) is 0 Å². The highest BCUT2D eigenvalue weighted by molar-refractivity contribution is 7.98. The van der Waals surface area contributed by atoms with E-state index in [1.54, 1.807) is 36.2 Å². The molecule has 138 valence electrons. The highest BCUT2D eigenvalue weighted by atomic mass is 35.5. The molecule has 4 aromatic rings. The van der Waals surface area contributed by atoms with E-state index in [-0.39, 0.29) is 5.56 Å². The number of pyridine rings is 1. The van der Waals surface area contributed by atoms with E-state index in [9.17, 15) is 4.79 Å². The van der Waals surface area contributed by atoms with Crippen molar-refractivity contribution in [3.05, 3.63) is 69.7 Å². The van der Waals surface area contributed by atoms with Crippen LogP contribution in [0, 0.1) is 5.92 Å². The van der Waals surface area contributed by atoms with Gasteiger partial charge in [-0.15, -0.1) is 0 Å². The molecule has 0 saturated carbocycles. The molecule has 4 rings (SSSR count). The van der Waals surface area contributed by atoms with Gasteiger partial charge in [-0.3, -0.25) is 9.20 Å². The summed E-state index contributed by atoms with van der Waals surface area (Å²) >= 11 is 7.57. The molecule has 3 heterocycles. The maximum absolute atomic E-state index is 12.4. The molecule has 0 aliphatic heterocycles. The van der Waals surface area contributed by atoms with Crippen molar-refractivity contribution in [3.63, 3.8) is 0 Å². The normalized spacial score (nSPS) is 11.7. The summed E-state index contributed by atoms with van der Waals surface area (Å²) in [5.74, 6) is 1.09. The molecule has 27 heavy (non-hydrogen) atoms. The van der Waals surface area contributed by atoms with Gasteiger partial charge in [-0.05, 0) is 30.2 Å². The third kappa shape index (κ3) is 3.73. The topological polar surface area (TPSA) is 52.2 Å². The number of hydrogen-bond donors (Lipinski definition) is 0. The predicted octanol–water partition coefficient (Wildman–Crippen LogP) is 4.65. The second-order valence-electron chi connectivity index (χ2n) is 6.84. The van der Waals surface area contributed by atoms with Crippen LogP contribution in [0.25, 0.3) is 16.7 Å². The predicted molar refractivity (Wildman–Crippen MR) is 111 cm³/mol. The summed E-state index contributed by atoms with van der Waals surface area (Å²) in [5.41, 5.74) is 3.32. The fraction of sp³-hybridized carbons (Fsp3) is 0.250. The number of rotatable bonds is 5. The van der Waals surface area contributed by atoms with Crippen LogP contribution in [0.4, 0.5) is 0 Å². The Morgan fingerprint density at radius 2 is 1.96 bits per heavy atom. The number of thioether (sulfide) groups is 1. The Bertz CT molecular complexity index is 1180. The smallest absolute Gasteiger partial charge is 0.258 e. The first-order chi connectivity index (χ1) is 13.0. The third-order valence-electron chi connectivity index (χ3n) is 4.19. The lowest BCUT2D eigenvalue weighted by molar-refractivity contribution is 0.505. The number of nitrogens with zero attached hydrogens (tertiary/aromatic N) is 4. The van der Waals surface area contributed by atoms with Gasteiger partial charge in [0.15, 0.2) is 5.16 Å². The van der Waals surface area contributed by atoms with Gasteiger partial charge in [0, 0.05) is 24.6 Å². The fourth-order valence-corrected chi connectivity index (χ4v) is 4.12. The molecule has 0 unspecified atom stereocenters. The zero-order valence-corrected chi connectivity index (χ0v) is 16.7. The highest BCUT2D eigenvalue weighted by Crippen LogP contribution is 2.27. The minimum absolute atomic E-state index is 0.131. The molecule has 0 fully saturated rings. The molecule has 0 radical (unpaired) electrons. The Kier molecular flexibility index (Phi) is 4.93. The molecule has 0 atom stereocenters. The molecule has 1 aromatic carbocycles. The molecule has 0 aliphatic rings. The lowest BCUT2D eigenvalue weighted by Gasteiger charge is -2.11. The third-order valence-corrected chi connectivity index (χ3v) is 5.43. The van der Waals surface area contributed by atoms with Crippen LogP contribution in [-0.2, 0) is 12.3 Å². The number of halogens is 1. The Hall–Kier alpha value is -2.31. The van der Waals surface area contributed by atoms with Crippen LogP contribution in [0.3, 0.4) is 0 Å². The number of hydrogen-bond acceptors (Lipinski definition) is 4. The summed E-state index contributed by atoms with van der Waals surface area (Å²) in [4.78, 5) is 21.7. The van der Waals surface area contributed by atoms with Crippen LogP contribution < -0.4 is 5.56 Å². The molecule has 0 bridgehead atoms. The summed E-state index contributed by atoms with van der Waals surface area (Å²) in [6.45, 7) is 5.29. The molecule has 5 nitrogen and oxygen atoms in total. The largest absolute Gasteiger partial charge is 0.319 e. The Labute approximate surface area is 166 Å². The summed E-state index contributed by atoms with van der Waals surface area (Å²) < 4.78 is 3.71. The number of imidazole rings is 1. The molecule has 0 spiro atoms. The molecule has 0 amide bonds. The van der Waals surface area contributed by atoms with Crippen LogP contribution in [0.5, 0.6) is 0 Å². The minimum Gasteiger partial charge on any atom is -0.319 e. The molecular formula is C20H19ClN4OS. The van der Waals surface area contributed by atoms with E-state index in [4.69, 9.17) is 16.6 Å². The van der Waals surface area contributed by atoms with E-state index in [1.165, 1.54) is 4.40 Å². The van der Waals surface area contributed by atoms with Crippen molar-refractivity contribution in [1.82, 2.24) is 18.9 Å². The minimum atomic E-state index is -0.131. The van der Waals surface area contributed by atoms with Gasteiger partial charge in [0.05, 0.1) is 21.7 Å². The molecule has 0 aliphatic carbocycles. The van der Waals surface area contributed by atoms with E-state index < -0.39 is 0 Å². The van der Waals surface area contributed by atoms with E-state index in [0.29, 0.717) is 22.3 Å². The van der Waals surface area contributed by atoms with E-state index in [1.807, 2.05) is 18.2 Å². The number of benzene rings is 1. The van der Waals surface area contributed by atoms with Crippen molar-refractivity contribution >= 4 is 40.0 Å². The monoisotopic (exact) mass is 398 g/mol. The first-order valence-electron chi connectivity index (χ1n) is 8.77. The average molecular weight is 399 g/mol. The summed E-state index contributed by atoms with van der Waals surface area (Å²) in [6.07, 6.45) is 1.59. The van der Waals surface area contributed by atoms with Crippen molar-refractivity contribution < 1.29 is 0 Å². The van der Waals surface area contributed by atoms with Crippen LogP contribution in [-0.4, -0.2) is 18.9 Å². The van der Waals surface area contributed by atoms with Gasteiger partial charge in [-0.2, -0.15) is 0 Å². The highest BCUT2D eigenvalue weighted by Gasteiger charge is 2.13. The van der Waals surface area contributed by atoms with E-state index in [0.717, 1.165) is 28.4 Å². The van der Waals surface area contributed by atoms with Gasteiger partial charge in [-0.25, -0.2) is 9.97 Å². The van der Waals surface area contributed by atoms with Crippen LogP contribution in [0.2, 0.25) is 5.02 Å². The SMILES string of the molecule is CC(C)Cn1c(SCc2cc(=O)n3cc(Cl)ccc3n2)nc2ccccc21. The van der Waals surface area contributed by atoms with Crippen LogP contribution in [0.15, 0.2) is 58.6 Å². The molecule has 0 saturated heterocycles. The Balaban J connectivity index is 1.66. The quantitative estimate of drug-likeness (QED) is 0.459. The lowest BCUT2D eigenvalue weighted by atomic mass is 10.2. The number of fused-ring (bicyclic) bond motifs is 2. The first kappa shape index (κ1) is 18.1. The van der Waals surface area contributed by atoms with Gasteiger partial charge in [-0.1, -0.05) is 49.3 Å². The Morgan fingerprint density at radius 3 is 2.78 bits per heavy atom. The summed E-state index contributed by atoms with van der Waals surface area (Å²) in [6, 6.07) is 13.2. The van der Waals surface area contributed by atoms with Crippen molar-refractivity contribution in [2.45, 2.75) is 31.3 Å². The van der Waals surface area contributed by atoms with Crippen molar-refractivity contribution in [2.75, 3.05) is 0 Å². The van der Waals surface area contributed by atoms with Gasteiger partial charge >= 0.3 is 0 Å². The van der Waals surface area contributed by atoms with Crippen LogP contribution >= 0.6 is 23.4 Å². The molecule has 7 heteroatoms. The van der Waals surface area contributed by atoms with E-state index in [2.05, 4.69) is 29.5 Å². The molecule has 0 N–H and O–H groups in total. The van der Waals surface area contributed by atoms with Gasteiger partial charge in [0.1, 0.15) is 5.65 Å². The van der Waals surface area contributed by atoms with Gasteiger partial charge in [0.25, 0.3) is 5.56 Å². The zero-order valence-electron chi connectivity index (χ0n) is 15.1. The average Bonchev–Trinajstić information content (AvgIpc) is 2.98. The standard InChI is InChI=1S/C20H19ClN4OS/c1-13(2)10-24-17-6-4-3-5-16(17)23-20(24)27-12-15-9-19(26)25-11-14(21)7-8-18(25)22-15/h3-9,11,13H,10,12H2,1-2H3. The zero-order chi connectivity index (χ0) is 19.0. The number of aromatic nitrogens is 4. The second kappa shape index (κ2) is 7.37. The molecule has 3 aromatic heterocycles. The summed E-state index contributed by atoms with van der Waals surface area (Å²) in [5, 5.41) is 1.46. The van der Waals surface area contributed by atoms with Crippen molar-refractivity contribution in [1.29, 1.82) is 0 Å². The van der Waals surface area contributed by atoms with Crippen molar-refractivity contribution in [2.24, 2.45) is 5.92 Å². The lowest BCUT2D eigenvalue weighted by Crippen LogP contribution is -2.15. The maximum atomic E-state index is 12.4. The van der Waals surface area contributed by atoms with Gasteiger partial charge in [0.2, 0.25) is 0 Å². The first-order valence-corrected chi connectivity index (χ1v) is 10.1. The maximum Gasteiger partial charge on any atom is 0.258 e. The number of para-hydroxylation sites is 2. The van der Waals surface area contributed by atoms with E-state index >= 15 is 0 Å². The van der Waals surface area contributed by atoms with Gasteiger partial charge < -0.3 is 4.57 Å². The summed E-state index contributed by atoms with van der Waals surface area (Å²) in [7, 11) is 0. The molecular weight excluding hydrogens is 380 g/mol. The second-order valence-corrected chi connectivity index (χ2v) is 8.22. The van der Waals surface area contributed by atoms with Crippen LogP contribution in [0.1, 0.15) is 19.5 Å². The fourth-order valence-electron chi connectivity index (χ4n) is 3.04.